The van der Waals surface area contributed by atoms with Gasteiger partial charge in [-0.05, 0) is 37.8 Å². The number of urea groups is 1. The molecule has 4 rings (SSSR count). The molecular weight excluding hydrogens is 330 g/mol. The van der Waals surface area contributed by atoms with Crippen molar-refractivity contribution in [3.05, 3.63) is 29.8 Å². The van der Waals surface area contributed by atoms with E-state index in [4.69, 9.17) is 0 Å². The standard InChI is InChI=1S/C20H25N3O3/c1-14-12-15-8-4-5-9-16(15)23(14)17(24)13-22-18(25)20(21(2)19(22)26)10-6-3-7-11-20/h4-5,8-9,14H,3,6-7,10-13H2,1-2H3. The molecule has 2 fully saturated rings. The normalized spacial score (nSPS) is 24.5. The van der Waals surface area contributed by atoms with Gasteiger partial charge >= 0.3 is 6.03 Å². The maximum Gasteiger partial charge on any atom is 0.327 e. The minimum atomic E-state index is -0.732. The summed E-state index contributed by atoms with van der Waals surface area (Å²) >= 11 is 0. The van der Waals surface area contributed by atoms with E-state index < -0.39 is 5.54 Å². The molecule has 6 heteroatoms. The summed E-state index contributed by atoms with van der Waals surface area (Å²) in [5.41, 5.74) is 1.29. The van der Waals surface area contributed by atoms with Crippen LogP contribution in [0.15, 0.2) is 24.3 Å². The van der Waals surface area contributed by atoms with Crippen molar-refractivity contribution < 1.29 is 14.4 Å². The lowest BCUT2D eigenvalue weighted by Crippen LogP contribution is -2.50. The van der Waals surface area contributed by atoms with Crippen LogP contribution in [-0.2, 0) is 16.0 Å². The third-order valence-corrected chi connectivity index (χ3v) is 6.25. The van der Waals surface area contributed by atoms with Gasteiger partial charge in [-0.25, -0.2) is 4.79 Å². The second-order valence-electron chi connectivity index (χ2n) is 7.77. The summed E-state index contributed by atoms with van der Waals surface area (Å²) in [6.45, 7) is 1.82. The minimum absolute atomic E-state index is 0.0362. The van der Waals surface area contributed by atoms with E-state index >= 15 is 0 Å². The van der Waals surface area contributed by atoms with Gasteiger partial charge in [-0.3, -0.25) is 14.5 Å². The minimum Gasteiger partial charge on any atom is -0.313 e. The van der Waals surface area contributed by atoms with Crippen LogP contribution in [0.25, 0.3) is 0 Å². The first-order valence-electron chi connectivity index (χ1n) is 9.45. The van der Waals surface area contributed by atoms with Crippen LogP contribution in [0, 0.1) is 0 Å². The van der Waals surface area contributed by atoms with Gasteiger partial charge in [-0.15, -0.1) is 0 Å². The Balaban J connectivity index is 1.57. The molecule has 4 amide bonds. The van der Waals surface area contributed by atoms with Gasteiger partial charge in [0.25, 0.3) is 5.91 Å². The molecule has 1 atom stereocenters. The van der Waals surface area contributed by atoms with Crippen LogP contribution in [-0.4, -0.2) is 52.8 Å². The molecule has 26 heavy (non-hydrogen) atoms. The number of carbonyl (C=O) groups is 3. The van der Waals surface area contributed by atoms with Crippen LogP contribution in [0.5, 0.6) is 0 Å². The molecule has 138 valence electrons. The predicted molar refractivity (Wildman–Crippen MR) is 97.8 cm³/mol. The molecule has 1 saturated carbocycles. The van der Waals surface area contributed by atoms with Gasteiger partial charge in [-0.2, -0.15) is 0 Å². The highest BCUT2D eigenvalue weighted by atomic mass is 16.2. The lowest BCUT2D eigenvalue weighted by Gasteiger charge is -2.35. The average Bonchev–Trinajstić information content (AvgIpc) is 3.06. The zero-order valence-electron chi connectivity index (χ0n) is 15.4. The molecule has 1 aromatic rings. The lowest BCUT2D eigenvalue weighted by atomic mass is 9.81. The third kappa shape index (κ3) is 2.35. The van der Waals surface area contributed by atoms with E-state index in [9.17, 15) is 14.4 Å². The van der Waals surface area contributed by atoms with Crippen LogP contribution in [0.3, 0.4) is 0 Å². The Kier molecular flexibility index (Phi) is 4.01. The molecule has 1 spiro atoms. The number of anilines is 1. The van der Waals surface area contributed by atoms with Gasteiger partial charge < -0.3 is 9.80 Å². The first-order chi connectivity index (χ1) is 12.5. The molecular formula is C20H25N3O3. The van der Waals surface area contributed by atoms with E-state index in [-0.39, 0.29) is 30.4 Å². The molecule has 2 aliphatic heterocycles. The Morgan fingerprint density at radius 3 is 2.58 bits per heavy atom. The number of hydrogen-bond donors (Lipinski definition) is 0. The van der Waals surface area contributed by atoms with Crippen molar-refractivity contribution in [1.82, 2.24) is 9.80 Å². The summed E-state index contributed by atoms with van der Waals surface area (Å²) in [7, 11) is 1.70. The molecule has 1 unspecified atom stereocenters. The molecule has 0 bridgehead atoms. The topological polar surface area (TPSA) is 60.9 Å². The Morgan fingerprint density at radius 1 is 1.15 bits per heavy atom. The number of para-hydroxylation sites is 1. The maximum atomic E-state index is 13.1. The monoisotopic (exact) mass is 355 g/mol. The Hall–Kier alpha value is -2.37. The highest BCUT2D eigenvalue weighted by Gasteiger charge is 2.56. The molecule has 3 aliphatic rings. The van der Waals surface area contributed by atoms with Crippen molar-refractivity contribution in [2.45, 2.75) is 57.0 Å². The number of imide groups is 1. The van der Waals surface area contributed by atoms with Crippen LogP contribution in [0.4, 0.5) is 10.5 Å². The van der Waals surface area contributed by atoms with Gasteiger partial charge in [0.2, 0.25) is 5.91 Å². The molecule has 0 aromatic heterocycles. The molecule has 1 aromatic carbocycles. The van der Waals surface area contributed by atoms with Crippen molar-refractivity contribution in [2.24, 2.45) is 0 Å². The summed E-state index contributed by atoms with van der Waals surface area (Å²) in [6.07, 6.45) is 5.18. The van der Waals surface area contributed by atoms with Gasteiger partial charge in [0.05, 0.1) is 0 Å². The molecule has 6 nitrogen and oxygen atoms in total. The van der Waals surface area contributed by atoms with Crippen LogP contribution in [0.2, 0.25) is 0 Å². The second kappa shape index (κ2) is 6.11. The Bertz CT molecular complexity index is 769. The largest absolute Gasteiger partial charge is 0.327 e. The number of likely N-dealkylation sites (N-methyl/N-ethyl adjacent to an activating group) is 1. The van der Waals surface area contributed by atoms with Crippen molar-refractivity contribution in [2.75, 3.05) is 18.5 Å². The second-order valence-corrected chi connectivity index (χ2v) is 7.77. The quantitative estimate of drug-likeness (QED) is 0.766. The van der Waals surface area contributed by atoms with E-state index in [1.165, 1.54) is 4.90 Å². The summed E-state index contributed by atoms with van der Waals surface area (Å²) in [5, 5.41) is 0. The van der Waals surface area contributed by atoms with Crippen LogP contribution >= 0.6 is 0 Å². The Labute approximate surface area is 153 Å². The summed E-state index contributed by atoms with van der Waals surface area (Å²) < 4.78 is 0. The van der Waals surface area contributed by atoms with Gasteiger partial charge in [0.1, 0.15) is 12.1 Å². The van der Waals surface area contributed by atoms with Gasteiger partial charge in [0.15, 0.2) is 0 Å². The first kappa shape index (κ1) is 17.1. The van der Waals surface area contributed by atoms with Crippen molar-refractivity contribution in [3.63, 3.8) is 0 Å². The van der Waals surface area contributed by atoms with Crippen LogP contribution < -0.4 is 4.90 Å². The fourth-order valence-electron chi connectivity index (χ4n) is 4.83. The molecule has 0 radical (unpaired) electrons. The first-order valence-corrected chi connectivity index (χ1v) is 9.45. The number of benzene rings is 1. The highest BCUT2D eigenvalue weighted by molar-refractivity contribution is 6.10. The number of rotatable bonds is 2. The smallest absolute Gasteiger partial charge is 0.313 e. The summed E-state index contributed by atoms with van der Waals surface area (Å²) in [6, 6.07) is 7.53. The third-order valence-electron chi connectivity index (χ3n) is 6.25. The van der Waals surface area contributed by atoms with Gasteiger partial charge in [-0.1, -0.05) is 37.5 Å². The lowest BCUT2D eigenvalue weighted by molar-refractivity contribution is -0.136. The molecule has 1 saturated heterocycles. The number of nitrogens with zero attached hydrogens (tertiary/aromatic N) is 3. The molecule has 1 aliphatic carbocycles. The Morgan fingerprint density at radius 2 is 1.85 bits per heavy atom. The molecule has 0 N–H and O–H groups in total. The van der Waals surface area contributed by atoms with Crippen LogP contribution in [0.1, 0.15) is 44.6 Å². The summed E-state index contributed by atoms with van der Waals surface area (Å²) in [4.78, 5) is 43.3. The fourth-order valence-corrected chi connectivity index (χ4v) is 4.83. The van der Waals surface area contributed by atoms with E-state index in [1.54, 1.807) is 16.8 Å². The number of carbonyl (C=O) groups excluding carboxylic acids is 3. The average molecular weight is 355 g/mol. The number of fused-ring (bicyclic) bond motifs is 1. The van der Waals surface area contributed by atoms with Crippen molar-refractivity contribution in [1.29, 1.82) is 0 Å². The zero-order valence-corrected chi connectivity index (χ0v) is 15.4. The summed E-state index contributed by atoms with van der Waals surface area (Å²) in [5.74, 6) is -0.386. The number of amides is 4. The van der Waals surface area contributed by atoms with Crippen molar-refractivity contribution >= 4 is 23.5 Å². The fraction of sp³-hybridized carbons (Fsp3) is 0.550. The number of hydrogen-bond acceptors (Lipinski definition) is 3. The van der Waals surface area contributed by atoms with E-state index in [2.05, 4.69) is 0 Å². The van der Waals surface area contributed by atoms with Gasteiger partial charge in [0, 0.05) is 18.8 Å². The SMILES string of the molecule is CC1Cc2ccccc2N1C(=O)CN1C(=O)N(C)C2(CCCCC2)C1=O. The van der Waals surface area contributed by atoms with E-state index in [1.807, 2.05) is 31.2 Å². The predicted octanol–water partition coefficient (Wildman–Crippen LogP) is 2.56. The van der Waals surface area contributed by atoms with E-state index in [0.29, 0.717) is 12.8 Å². The zero-order chi connectivity index (χ0) is 18.5. The maximum absolute atomic E-state index is 13.1. The molecule has 2 heterocycles. The van der Waals surface area contributed by atoms with E-state index in [0.717, 1.165) is 36.9 Å². The highest BCUT2D eigenvalue weighted by Crippen LogP contribution is 2.40. The van der Waals surface area contributed by atoms with Crippen molar-refractivity contribution in [3.8, 4) is 0 Å².